The highest BCUT2D eigenvalue weighted by Gasteiger charge is 2.26. The molecule has 8 heteroatoms. The molecule has 3 aromatic rings. The monoisotopic (exact) mass is 445 g/mol. The minimum Gasteiger partial charge on any atom is -0.407 e. The van der Waals surface area contributed by atoms with Crippen LogP contribution < -0.4 is 11.1 Å². The number of aliphatic imine (C=N–C) groups is 2. The molecule has 0 aromatic heterocycles. The lowest BCUT2D eigenvalue weighted by Gasteiger charge is -2.10. The van der Waals surface area contributed by atoms with Crippen LogP contribution in [0.15, 0.2) is 88.8 Å². The molecule has 1 amide bonds. The van der Waals surface area contributed by atoms with E-state index in [-0.39, 0.29) is 5.90 Å². The second-order valence-corrected chi connectivity index (χ2v) is 6.66. The van der Waals surface area contributed by atoms with E-state index < -0.39 is 23.9 Å². The van der Waals surface area contributed by atoms with Gasteiger partial charge >= 0.3 is 0 Å². The number of para-hydroxylation sites is 1. The molecule has 0 aliphatic carbocycles. The number of nitrogens with one attached hydrogen (secondary N) is 2. The van der Waals surface area contributed by atoms with Gasteiger partial charge < -0.3 is 15.8 Å². The molecule has 33 heavy (non-hydrogen) atoms. The van der Waals surface area contributed by atoms with Gasteiger partial charge in [-0.15, -0.1) is 0 Å². The molecule has 1 unspecified atom stereocenters. The van der Waals surface area contributed by atoms with Crippen molar-refractivity contribution < 1.29 is 13.9 Å². The Balaban J connectivity index is 0.00000149. The van der Waals surface area contributed by atoms with E-state index in [0.717, 1.165) is 11.1 Å². The summed E-state index contributed by atoms with van der Waals surface area (Å²) in [6.45, 7) is 4.00. The molecule has 0 bridgehead atoms. The highest BCUT2D eigenvalue weighted by atomic mass is 19.1. The Hall–Kier alpha value is -4.33. The first kappa shape index (κ1) is 23.3. The van der Waals surface area contributed by atoms with Crippen LogP contribution in [0.4, 0.5) is 10.1 Å². The summed E-state index contributed by atoms with van der Waals surface area (Å²) in [6.07, 6.45) is -1.22. The quantitative estimate of drug-likeness (QED) is 0.412. The van der Waals surface area contributed by atoms with Gasteiger partial charge in [0, 0.05) is 16.7 Å². The fourth-order valence-electron chi connectivity index (χ4n) is 3.07. The van der Waals surface area contributed by atoms with Crippen LogP contribution >= 0.6 is 0 Å². The maximum absolute atomic E-state index is 13.1. The van der Waals surface area contributed by atoms with Gasteiger partial charge in [-0.05, 0) is 30.3 Å². The predicted molar refractivity (Wildman–Crippen MR) is 128 cm³/mol. The van der Waals surface area contributed by atoms with Crippen molar-refractivity contribution in [3.05, 3.63) is 101 Å². The number of nitrogens with two attached hydrogens (primary N) is 1. The van der Waals surface area contributed by atoms with Crippen molar-refractivity contribution in [2.75, 3.05) is 5.32 Å². The molecule has 7 nitrogen and oxygen atoms in total. The van der Waals surface area contributed by atoms with E-state index in [1.54, 1.807) is 6.07 Å². The van der Waals surface area contributed by atoms with Gasteiger partial charge in [0.15, 0.2) is 0 Å². The van der Waals surface area contributed by atoms with Crippen LogP contribution in [0.1, 0.15) is 30.5 Å². The molecule has 0 saturated carbocycles. The molecule has 0 fully saturated rings. The van der Waals surface area contributed by atoms with E-state index in [2.05, 4.69) is 15.3 Å². The summed E-state index contributed by atoms with van der Waals surface area (Å²) in [4.78, 5) is 21.4. The normalized spacial score (nSPS) is 15.1. The van der Waals surface area contributed by atoms with Gasteiger partial charge in [-0.2, -0.15) is 4.99 Å². The van der Waals surface area contributed by atoms with Gasteiger partial charge in [0.1, 0.15) is 5.82 Å². The van der Waals surface area contributed by atoms with Crippen LogP contribution in [-0.2, 0) is 9.53 Å². The Kier molecular flexibility index (Phi) is 7.64. The molecule has 1 heterocycles. The number of ether oxygens (including phenoxy) is 1. The zero-order chi connectivity index (χ0) is 23.8. The molecule has 0 spiro atoms. The van der Waals surface area contributed by atoms with Crippen molar-refractivity contribution in [1.82, 2.24) is 0 Å². The predicted octanol–water partition coefficient (Wildman–Crippen LogP) is 4.32. The van der Waals surface area contributed by atoms with Crippen molar-refractivity contribution in [2.24, 2.45) is 15.7 Å². The van der Waals surface area contributed by atoms with Crippen LogP contribution in [-0.4, -0.2) is 29.7 Å². The van der Waals surface area contributed by atoms with Gasteiger partial charge in [-0.1, -0.05) is 62.4 Å². The smallest absolute Gasteiger partial charge is 0.291 e. The largest absolute Gasteiger partial charge is 0.407 e. The van der Waals surface area contributed by atoms with Crippen molar-refractivity contribution in [3.8, 4) is 0 Å². The first-order chi connectivity index (χ1) is 16.0. The van der Waals surface area contributed by atoms with E-state index in [4.69, 9.17) is 15.9 Å². The van der Waals surface area contributed by atoms with Crippen LogP contribution in [0, 0.1) is 11.2 Å². The van der Waals surface area contributed by atoms with Crippen LogP contribution in [0.3, 0.4) is 0 Å². The van der Waals surface area contributed by atoms with E-state index in [0.29, 0.717) is 17.0 Å². The molecule has 1 aliphatic heterocycles. The number of benzodiazepines with no additional fused rings is 1. The summed E-state index contributed by atoms with van der Waals surface area (Å²) in [5.74, 6) is -1.25. The third-order valence-electron chi connectivity index (χ3n) is 4.54. The van der Waals surface area contributed by atoms with Crippen molar-refractivity contribution in [1.29, 1.82) is 5.41 Å². The van der Waals surface area contributed by atoms with Crippen LogP contribution in [0.25, 0.3) is 0 Å². The third-order valence-corrected chi connectivity index (χ3v) is 4.54. The fraction of sp³-hybridized carbons (Fsp3) is 0.120. The number of hydrogen-bond acceptors (Lipinski definition) is 5. The molecule has 168 valence electrons. The van der Waals surface area contributed by atoms with Gasteiger partial charge in [-0.25, -0.2) is 9.38 Å². The van der Waals surface area contributed by atoms with Gasteiger partial charge in [0.05, 0.1) is 11.4 Å². The number of carbonyl (C=O) groups excluding carboxylic acids is 1. The van der Waals surface area contributed by atoms with Gasteiger partial charge in [0.25, 0.3) is 11.9 Å². The second kappa shape index (κ2) is 10.8. The molecule has 4 rings (SSSR count). The van der Waals surface area contributed by atoms with Crippen molar-refractivity contribution in [3.63, 3.8) is 0 Å². The molecule has 0 saturated heterocycles. The number of hydrogen-bond donors (Lipinski definition) is 3. The number of fused-ring (bicyclic) bond motifs is 1. The van der Waals surface area contributed by atoms with E-state index in [9.17, 15) is 9.18 Å². The highest BCUT2D eigenvalue weighted by Crippen LogP contribution is 2.24. The van der Waals surface area contributed by atoms with Crippen LogP contribution in [0.2, 0.25) is 0 Å². The molecule has 1 atom stereocenters. The summed E-state index contributed by atoms with van der Waals surface area (Å²) in [5.41, 5.74) is 8.89. The van der Waals surface area contributed by atoms with Gasteiger partial charge in [0.2, 0.25) is 12.1 Å². The van der Waals surface area contributed by atoms with E-state index in [1.165, 1.54) is 24.3 Å². The number of carbonyl (C=O) groups is 1. The summed E-state index contributed by atoms with van der Waals surface area (Å²) < 4.78 is 18.3. The Morgan fingerprint density at radius 3 is 2.36 bits per heavy atom. The molecule has 3 aromatic carbocycles. The first-order valence-corrected chi connectivity index (χ1v) is 10.4. The maximum atomic E-state index is 13.1. The number of halogens is 1. The highest BCUT2D eigenvalue weighted by molar-refractivity contribution is 6.19. The zero-order valence-corrected chi connectivity index (χ0v) is 18.2. The lowest BCUT2D eigenvalue weighted by atomic mass is 10.0. The zero-order valence-electron chi connectivity index (χ0n) is 18.2. The molecular weight excluding hydrogens is 421 g/mol. The standard InChI is InChI=1S/C23H18FN5O2.C2H6/c24-16-12-10-15(11-13-16)20(25)31-23(26)29-21-22(30)27-18-9-5-4-8-17(18)19(28-21)14-6-2-1-3-7-14;1-2/h1-13,21,25H,(H2,26,29)(H,27,30);1-2H3. The third kappa shape index (κ3) is 5.68. The summed E-state index contributed by atoms with van der Waals surface area (Å²) >= 11 is 0. The Morgan fingerprint density at radius 2 is 1.67 bits per heavy atom. The Labute approximate surface area is 191 Å². The average Bonchev–Trinajstić information content (AvgIpc) is 2.97. The average molecular weight is 445 g/mol. The van der Waals surface area contributed by atoms with Crippen molar-refractivity contribution >= 4 is 29.2 Å². The number of rotatable bonds is 3. The summed E-state index contributed by atoms with van der Waals surface area (Å²) in [7, 11) is 0. The lowest BCUT2D eigenvalue weighted by molar-refractivity contribution is -0.117. The van der Waals surface area contributed by atoms with E-state index in [1.807, 2.05) is 62.4 Å². The number of anilines is 1. The molecule has 1 aliphatic rings. The molecule has 4 N–H and O–H groups in total. The molecule has 0 radical (unpaired) electrons. The number of amidine groups is 1. The number of amides is 1. The first-order valence-electron chi connectivity index (χ1n) is 10.4. The Morgan fingerprint density at radius 1 is 1.03 bits per heavy atom. The number of benzene rings is 3. The number of nitrogens with zero attached hydrogens (tertiary/aromatic N) is 2. The Bertz CT molecular complexity index is 1190. The SMILES string of the molecule is CC.N=C(O/C(N)=N/C1N=C(c2ccccc2)c2ccccc2NC1=O)c1ccc(F)cc1. The summed E-state index contributed by atoms with van der Waals surface area (Å²) in [6, 6.07) is 21.5. The van der Waals surface area contributed by atoms with Crippen LogP contribution in [0.5, 0.6) is 0 Å². The minimum atomic E-state index is -1.22. The minimum absolute atomic E-state index is 0.311. The lowest BCUT2D eigenvalue weighted by Crippen LogP contribution is -2.29. The van der Waals surface area contributed by atoms with E-state index >= 15 is 0 Å². The topological polar surface area (TPSA) is 113 Å². The van der Waals surface area contributed by atoms with Crippen molar-refractivity contribution in [2.45, 2.75) is 20.0 Å². The molecular formula is C25H24FN5O2. The van der Waals surface area contributed by atoms with Gasteiger partial charge in [-0.3, -0.25) is 10.2 Å². The summed E-state index contributed by atoms with van der Waals surface area (Å²) in [5, 5.41) is 10.8. The maximum Gasteiger partial charge on any atom is 0.291 e. The second-order valence-electron chi connectivity index (χ2n) is 6.66. The fourth-order valence-corrected chi connectivity index (χ4v) is 3.07.